The number of hydrogen-bond donors (Lipinski definition) is 2. The molecule has 2 N–H and O–H groups in total. The van der Waals surface area contributed by atoms with Crippen LogP contribution in [0.5, 0.6) is 0 Å². The van der Waals surface area contributed by atoms with Gasteiger partial charge in [0.1, 0.15) is 5.69 Å². The number of hydrogen-bond acceptors (Lipinski definition) is 6. The number of aryl methyl sites for hydroxylation is 1. The molecule has 0 spiro atoms. The molecule has 0 radical (unpaired) electrons. The summed E-state index contributed by atoms with van der Waals surface area (Å²) in [5.41, 5.74) is 0.340. The van der Waals surface area contributed by atoms with Crippen molar-refractivity contribution >= 4 is 17.5 Å². The van der Waals surface area contributed by atoms with Gasteiger partial charge in [0.25, 0.3) is 0 Å². The fourth-order valence-corrected chi connectivity index (χ4v) is 2.77. The van der Waals surface area contributed by atoms with Gasteiger partial charge < -0.3 is 10.6 Å². The van der Waals surface area contributed by atoms with E-state index in [4.69, 9.17) is 0 Å². The van der Waals surface area contributed by atoms with Gasteiger partial charge in [0.15, 0.2) is 0 Å². The largest absolute Gasteiger partial charge is 0.364 e. The van der Waals surface area contributed by atoms with Gasteiger partial charge >= 0.3 is 5.69 Å². The number of anilines is 2. The SMILES string of the molecule is CNc1nc(C)c([N+](=O)[O-])c(NCC2CCC(C)C2)n1. The minimum Gasteiger partial charge on any atom is -0.364 e. The summed E-state index contributed by atoms with van der Waals surface area (Å²) in [5.74, 6) is 2.02. The minimum absolute atomic E-state index is 0.0324. The standard InChI is InChI=1S/C13H21N5O2/c1-8-4-5-10(6-8)7-15-12-11(18(19)20)9(2)16-13(14-3)17-12/h8,10H,4-7H2,1-3H3,(H2,14,15,16,17). The summed E-state index contributed by atoms with van der Waals surface area (Å²) in [6.45, 7) is 4.60. The maximum absolute atomic E-state index is 11.2. The summed E-state index contributed by atoms with van der Waals surface area (Å²) in [6.07, 6.45) is 3.58. The Balaban J connectivity index is 2.16. The van der Waals surface area contributed by atoms with E-state index in [1.54, 1.807) is 14.0 Å². The molecule has 0 bridgehead atoms. The Morgan fingerprint density at radius 2 is 2.15 bits per heavy atom. The lowest BCUT2D eigenvalue weighted by Crippen LogP contribution is -2.15. The van der Waals surface area contributed by atoms with E-state index in [0.29, 0.717) is 23.4 Å². The first-order valence-corrected chi connectivity index (χ1v) is 6.96. The smallest absolute Gasteiger partial charge is 0.332 e. The van der Waals surface area contributed by atoms with Crippen molar-refractivity contribution in [1.82, 2.24) is 9.97 Å². The summed E-state index contributed by atoms with van der Waals surface area (Å²) in [4.78, 5) is 19.0. The van der Waals surface area contributed by atoms with E-state index in [0.717, 1.165) is 12.5 Å². The maximum Gasteiger partial charge on any atom is 0.332 e. The average Bonchev–Trinajstić information content (AvgIpc) is 2.81. The summed E-state index contributed by atoms with van der Waals surface area (Å²) < 4.78 is 0. The molecule has 1 aliphatic rings. The molecule has 1 fully saturated rings. The Morgan fingerprint density at radius 1 is 1.40 bits per heavy atom. The molecular weight excluding hydrogens is 258 g/mol. The van der Waals surface area contributed by atoms with Gasteiger partial charge in [-0.3, -0.25) is 10.1 Å². The van der Waals surface area contributed by atoms with Crippen molar-refractivity contribution in [3.63, 3.8) is 0 Å². The van der Waals surface area contributed by atoms with Crippen molar-refractivity contribution in [3.05, 3.63) is 15.8 Å². The first-order valence-electron chi connectivity index (χ1n) is 6.96. The van der Waals surface area contributed by atoms with Crippen molar-refractivity contribution in [3.8, 4) is 0 Å². The zero-order valence-corrected chi connectivity index (χ0v) is 12.1. The second-order valence-electron chi connectivity index (χ2n) is 5.50. The Kier molecular flexibility index (Phi) is 4.36. The van der Waals surface area contributed by atoms with Crippen molar-refractivity contribution in [1.29, 1.82) is 0 Å². The van der Waals surface area contributed by atoms with Gasteiger partial charge in [-0.1, -0.05) is 13.3 Å². The van der Waals surface area contributed by atoms with Crippen LogP contribution >= 0.6 is 0 Å². The normalized spacial score (nSPS) is 21.8. The predicted octanol–water partition coefficient (Wildman–Crippen LogP) is 2.58. The van der Waals surface area contributed by atoms with E-state index in [2.05, 4.69) is 27.5 Å². The highest BCUT2D eigenvalue weighted by atomic mass is 16.6. The Hall–Kier alpha value is -1.92. The molecule has 2 unspecified atom stereocenters. The summed E-state index contributed by atoms with van der Waals surface area (Å²) in [6, 6.07) is 0. The predicted molar refractivity (Wildman–Crippen MR) is 78.0 cm³/mol. The molecule has 0 saturated heterocycles. The third kappa shape index (κ3) is 3.15. The third-order valence-corrected chi connectivity index (χ3v) is 3.83. The average molecular weight is 279 g/mol. The van der Waals surface area contributed by atoms with Gasteiger partial charge in [0.2, 0.25) is 11.8 Å². The van der Waals surface area contributed by atoms with Crippen LogP contribution in [0.15, 0.2) is 0 Å². The van der Waals surface area contributed by atoms with E-state index >= 15 is 0 Å². The second-order valence-corrected chi connectivity index (χ2v) is 5.50. The molecule has 1 aromatic heterocycles. The van der Waals surface area contributed by atoms with E-state index in [1.165, 1.54) is 19.3 Å². The van der Waals surface area contributed by atoms with Gasteiger partial charge in [-0.25, -0.2) is 4.98 Å². The molecule has 110 valence electrons. The first kappa shape index (κ1) is 14.5. The summed E-state index contributed by atoms with van der Waals surface area (Å²) >= 11 is 0. The van der Waals surface area contributed by atoms with Crippen molar-refractivity contribution < 1.29 is 4.92 Å². The lowest BCUT2D eigenvalue weighted by Gasteiger charge is -2.13. The Bertz CT molecular complexity index is 506. The molecule has 0 aliphatic heterocycles. The zero-order chi connectivity index (χ0) is 14.7. The van der Waals surface area contributed by atoms with Gasteiger partial charge in [-0.05, 0) is 31.6 Å². The van der Waals surface area contributed by atoms with E-state index in [9.17, 15) is 10.1 Å². The minimum atomic E-state index is -0.422. The molecule has 20 heavy (non-hydrogen) atoms. The van der Waals surface area contributed by atoms with Crippen LogP contribution in [0.4, 0.5) is 17.5 Å². The lowest BCUT2D eigenvalue weighted by atomic mass is 10.1. The highest BCUT2D eigenvalue weighted by Gasteiger charge is 2.25. The number of aromatic nitrogens is 2. The number of nitro groups is 1. The molecule has 1 aromatic rings. The van der Waals surface area contributed by atoms with Crippen LogP contribution in [0.2, 0.25) is 0 Å². The van der Waals surface area contributed by atoms with Gasteiger partial charge in [-0.2, -0.15) is 4.98 Å². The van der Waals surface area contributed by atoms with Crippen LogP contribution in [0, 0.1) is 28.9 Å². The summed E-state index contributed by atoms with van der Waals surface area (Å²) in [7, 11) is 1.70. The zero-order valence-electron chi connectivity index (χ0n) is 12.1. The van der Waals surface area contributed by atoms with Crippen molar-refractivity contribution in [2.24, 2.45) is 11.8 Å². The second kappa shape index (κ2) is 6.02. The lowest BCUT2D eigenvalue weighted by molar-refractivity contribution is -0.385. The van der Waals surface area contributed by atoms with Crippen LogP contribution in [0.3, 0.4) is 0 Å². The first-order chi connectivity index (χ1) is 9.51. The van der Waals surface area contributed by atoms with E-state index < -0.39 is 4.92 Å². The fraction of sp³-hybridized carbons (Fsp3) is 0.692. The molecule has 7 nitrogen and oxygen atoms in total. The molecular formula is C13H21N5O2. The molecule has 1 heterocycles. The van der Waals surface area contributed by atoms with Gasteiger partial charge in [0, 0.05) is 13.6 Å². The highest BCUT2D eigenvalue weighted by Crippen LogP contribution is 2.32. The highest BCUT2D eigenvalue weighted by molar-refractivity contribution is 5.60. The Labute approximate surface area is 118 Å². The van der Waals surface area contributed by atoms with Crippen LogP contribution < -0.4 is 10.6 Å². The van der Waals surface area contributed by atoms with Crippen molar-refractivity contribution in [2.45, 2.75) is 33.1 Å². The van der Waals surface area contributed by atoms with Crippen LogP contribution in [0.1, 0.15) is 31.9 Å². The fourth-order valence-electron chi connectivity index (χ4n) is 2.77. The molecule has 2 atom stereocenters. The Morgan fingerprint density at radius 3 is 2.70 bits per heavy atom. The molecule has 0 amide bonds. The number of nitrogens with one attached hydrogen (secondary N) is 2. The van der Waals surface area contributed by atoms with E-state index in [1.807, 2.05) is 0 Å². The van der Waals surface area contributed by atoms with E-state index in [-0.39, 0.29) is 5.69 Å². The molecule has 7 heteroatoms. The number of rotatable bonds is 5. The molecule has 0 aromatic carbocycles. The summed E-state index contributed by atoms with van der Waals surface area (Å²) in [5, 5.41) is 17.1. The monoisotopic (exact) mass is 279 g/mol. The molecule has 1 saturated carbocycles. The number of nitrogens with zero attached hydrogens (tertiary/aromatic N) is 3. The van der Waals surface area contributed by atoms with Crippen LogP contribution in [-0.4, -0.2) is 28.5 Å². The molecule has 2 rings (SSSR count). The van der Waals surface area contributed by atoms with Crippen LogP contribution in [-0.2, 0) is 0 Å². The maximum atomic E-state index is 11.2. The third-order valence-electron chi connectivity index (χ3n) is 3.83. The van der Waals surface area contributed by atoms with Crippen LogP contribution in [0.25, 0.3) is 0 Å². The quantitative estimate of drug-likeness (QED) is 0.635. The molecule has 1 aliphatic carbocycles. The van der Waals surface area contributed by atoms with Gasteiger partial charge in [0.05, 0.1) is 4.92 Å². The topological polar surface area (TPSA) is 93.0 Å². The van der Waals surface area contributed by atoms with Crippen molar-refractivity contribution in [2.75, 3.05) is 24.2 Å². The van der Waals surface area contributed by atoms with Gasteiger partial charge in [-0.15, -0.1) is 0 Å².